The molecule has 0 unspecified atom stereocenters. The molecule has 0 saturated carbocycles. The van der Waals surface area contributed by atoms with Crippen LogP contribution in [0.15, 0.2) is 54.6 Å². The molecular formula is C17H19N3O3. The van der Waals surface area contributed by atoms with Crippen LogP contribution in [0.1, 0.15) is 12.8 Å². The highest BCUT2D eigenvalue weighted by atomic mass is 16.3. The summed E-state index contributed by atoms with van der Waals surface area (Å²) in [7, 11) is 0. The predicted octanol–water partition coefficient (Wildman–Crippen LogP) is 3.04. The Balaban J connectivity index is 1.99. The van der Waals surface area contributed by atoms with Crippen molar-refractivity contribution in [3.63, 3.8) is 0 Å². The van der Waals surface area contributed by atoms with Crippen molar-refractivity contribution < 1.29 is 14.7 Å². The Labute approximate surface area is 134 Å². The summed E-state index contributed by atoms with van der Waals surface area (Å²) < 4.78 is 0. The Hall–Kier alpha value is -2.86. The molecule has 6 nitrogen and oxygen atoms in total. The van der Waals surface area contributed by atoms with Crippen LogP contribution in [0.4, 0.5) is 21.9 Å². The number of rotatable bonds is 6. The molecule has 2 aromatic carbocycles. The van der Waals surface area contributed by atoms with Gasteiger partial charge in [-0.1, -0.05) is 30.3 Å². The van der Waals surface area contributed by atoms with Crippen molar-refractivity contribution in [2.45, 2.75) is 12.8 Å². The minimum atomic E-state index is -0.395. The first-order valence-corrected chi connectivity index (χ1v) is 7.32. The molecule has 0 aromatic heterocycles. The number of carbonyl (C=O) groups is 2. The predicted molar refractivity (Wildman–Crippen MR) is 90.5 cm³/mol. The van der Waals surface area contributed by atoms with Crippen molar-refractivity contribution in [3.05, 3.63) is 54.6 Å². The Kier molecular flexibility index (Phi) is 6.14. The number of carbonyl (C=O) groups excluding carboxylic acids is 2. The molecule has 120 valence electrons. The van der Waals surface area contributed by atoms with Crippen LogP contribution in [0.3, 0.4) is 0 Å². The number of aliphatic hydroxyl groups is 1. The minimum absolute atomic E-state index is 0.0349. The number of anilines is 3. The normalized spacial score (nSPS) is 9.96. The van der Waals surface area contributed by atoms with Crippen LogP contribution >= 0.6 is 0 Å². The highest BCUT2D eigenvalue weighted by Crippen LogP contribution is 2.21. The lowest BCUT2D eigenvalue weighted by atomic mass is 10.2. The van der Waals surface area contributed by atoms with E-state index in [4.69, 9.17) is 5.11 Å². The van der Waals surface area contributed by atoms with Crippen molar-refractivity contribution in [1.29, 1.82) is 0 Å². The summed E-state index contributed by atoms with van der Waals surface area (Å²) in [5, 5.41) is 16.9. The van der Waals surface area contributed by atoms with Crippen LogP contribution in [0.5, 0.6) is 0 Å². The standard InChI is InChI=1S/C17H19N3O3/c21-12-6-11-16(22)19-14-9-4-5-10-15(14)20-17(23)18-13-7-2-1-3-8-13/h1-5,7-10,21H,6,11-12H2,(H,19,22)(H2,18,20,23). The summed E-state index contributed by atoms with van der Waals surface area (Å²) in [6.07, 6.45) is 0.622. The summed E-state index contributed by atoms with van der Waals surface area (Å²) in [6.45, 7) is -0.0349. The fraction of sp³-hybridized carbons (Fsp3) is 0.176. The lowest BCUT2D eigenvalue weighted by Crippen LogP contribution is -2.21. The topological polar surface area (TPSA) is 90.5 Å². The van der Waals surface area contributed by atoms with Gasteiger partial charge in [-0.15, -0.1) is 0 Å². The molecule has 2 aromatic rings. The molecule has 2 rings (SSSR count). The Morgan fingerprint density at radius 1 is 0.826 bits per heavy atom. The summed E-state index contributed by atoms with van der Waals surface area (Å²) in [6, 6.07) is 15.6. The Morgan fingerprint density at radius 3 is 2.09 bits per heavy atom. The summed E-state index contributed by atoms with van der Waals surface area (Å²) in [4.78, 5) is 23.8. The number of hydrogen-bond donors (Lipinski definition) is 4. The maximum absolute atomic E-state index is 12.0. The summed E-state index contributed by atoms with van der Waals surface area (Å²) in [5.74, 6) is -0.211. The van der Waals surface area contributed by atoms with Gasteiger partial charge < -0.3 is 21.1 Å². The van der Waals surface area contributed by atoms with Gasteiger partial charge in [0.25, 0.3) is 0 Å². The first kappa shape index (κ1) is 16.5. The van der Waals surface area contributed by atoms with E-state index in [1.54, 1.807) is 36.4 Å². The largest absolute Gasteiger partial charge is 0.396 e. The van der Waals surface area contributed by atoms with Crippen molar-refractivity contribution >= 4 is 29.0 Å². The minimum Gasteiger partial charge on any atom is -0.396 e. The van der Waals surface area contributed by atoms with E-state index >= 15 is 0 Å². The van der Waals surface area contributed by atoms with E-state index in [0.29, 0.717) is 23.5 Å². The zero-order valence-electron chi connectivity index (χ0n) is 12.6. The molecule has 0 spiro atoms. The third kappa shape index (κ3) is 5.44. The third-order valence-corrected chi connectivity index (χ3v) is 3.04. The van der Waals surface area contributed by atoms with E-state index in [9.17, 15) is 9.59 Å². The zero-order chi connectivity index (χ0) is 16.5. The van der Waals surface area contributed by atoms with Gasteiger partial charge in [0, 0.05) is 18.7 Å². The van der Waals surface area contributed by atoms with E-state index < -0.39 is 6.03 Å². The highest BCUT2D eigenvalue weighted by Gasteiger charge is 2.09. The van der Waals surface area contributed by atoms with Crippen LogP contribution in [0, 0.1) is 0 Å². The van der Waals surface area contributed by atoms with Crippen molar-refractivity contribution in [2.75, 3.05) is 22.6 Å². The number of nitrogens with one attached hydrogen (secondary N) is 3. The monoisotopic (exact) mass is 313 g/mol. The highest BCUT2D eigenvalue weighted by molar-refractivity contribution is 6.03. The van der Waals surface area contributed by atoms with Crippen LogP contribution in [0.2, 0.25) is 0 Å². The second-order valence-electron chi connectivity index (χ2n) is 4.87. The lowest BCUT2D eigenvalue weighted by molar-refractivity contribution is -0.116. The van der Waals surface area contributed by atoms with E-state index in [-0.39, 0.29) is 18.9 Å². The molecule has 0 aliphatic heterocycles. The maximum Gasteiger partial charge on any atom is 0.323 e. The van der Waals surface area contributed by atoms with Crippen molar-refractivity contribution in [2.24, 2.45) is 0 Å². The number of amides is 3. The molecule has 23 heavy (non-hydrogen) atoms. The number of urea groups is 1. The first-order chi connectivity index (χ1) is 11.2. The van der Waals surface area contributed by atoms with Crippen LogP contribution in [-0.2, 0) is 4.79 Å². The van der Waals surface area contributed by atoms with Gasteiger partial charge in [-0.25, -0.2) is 4.79 Å². The Bertz CT molecular complexity index is 659. The lowest BCUT2D eigenvalue weighted by Gasteiger charge is -2.13. The van der Waals surface area contributed by atoms with Crippen molar-refractivity contribution in [3.8, 4) is 0 Å². The maximum atomic E-state index is 12.0. The second-order valence-corrected chi connectivity index (χ2v) is 4.87. The van der Waals surface area contributed by atoms with E-state index in [0.717, 1.165) is 0 Å². The number of aliphatic hydroxyl groups excluding tert-OH is 1. The average molecular weight is 313 g/mol. The van der Waals surface area contributed by atoms with Gasteiger partial charge in [0.1, 0.15) is 0 Å². The van der Waals surface area contributed by atoms with E-state index in [1.165, 1.54) is 0 Å². The smallest absolute Gasteiger partial charge is 0.323 e. The molecular weight excluding hydrogens is 294 g/mol. The molecule has 0 bridgehead atoms. The van der Waals surface area contributed by atoms with E-state index in [1.807, 2.05) is 18.2 Å². The van der Waals surface area contributed by atoms with E-state index in [2.05, 4.69) is 16.0 Å². The fourth-order valence-corrected chi connectivity index (χ4v) is 1.96. The molecule has 0 fully saturated rings. The first-order valence-electron chi connectivity index (χ1n) is 7.32. The number of benzene rings is 2. The molecule has 0 aliphatic carbocycles. The molecule has 0 aliphatic rings. The van der Waals surface area contributed by atoms with Gasteiger partial charge >= 0.3 is 6.03 Å². The zero-order valence-corrected chi connectivity index (χ0v) is 12.6. The van der Waals surface area contributed by atoms with Gasteiger partial charge in [0.05, 0.1) is 11.4 Å². The summed E-state index contributed by atoms with van der Waals surface area (Å²) in [5.41, 5.74) is 1.69. The van der Waals surface area contributed by atoms with Crippen LogP contribution in [0.25, 0.3) is 0 Å². The third-order valence-electron chi connectivity index (χ3n) is 3.04. The van der Waals surface area contributed by atoms with Crippen molar-refractivity contribution in [1.82, 2.24) is 0 Å². The average Bonchev–Trinajstić information content (AvgIpc) is 2.55. The van der Waals surface area contributed by atoms with Gasteiger partial charge in [-0.3, -0.25) is 4.79 Å². The molecule has 0 heterocycles. The second kappa shape index (κ2) is 8.55. The van der Waals surface area contributed by atoms with Gasteiger partial charge in [0.2, 0.25) is 5.91 Å². The Morgan fingerprint density at radius 2 is 1.43 bits per heavy atom. The van der Waals surface area contributed by atoms with Gasteiger partial charge in [-0.2, -0.15) is 0 Å². The number of hydrogen-bond acceptors (Lipinski definition) is 3. The molecule has 0 saturated heterocycles. The number of para-hydroxylation sites is 3. The van der Waals surface area contributed by atoms with Crippen LogP contribution in [-0.4, -0.2) is 23.7 Å². The summed E-state index contributed by atoms with van der Waals surface area (Å²) >= 11 is 0. The fourth-order valence-electron chi connectivity index (χ4n) is 1.96. The molecule has 4 N–H and O–H groups in total. The molecule has 6 heteroatoms. The quantitative estimate of drug-likeness (QED) is 0.660. The molecule has 3 amide bonds. The van der Waals surface area contributed by atoms with Crippen LogP contribution < -0.4 is 16.0 Å². The SMILES string of the molecule is O=C(CCCO)Nc1ccccc1NC(=O)Nc1ccccc1. The van der Waals surface area contributed by atoms with Gasteiger partial charge in [0.15, 0.2) is 0 Å². The van der Waals surface area contributed by atoms with Gasteiger partial charge in [-0.05, 0) is 30.7 Å². The molecule has 0 atom stereocenters. The molecule has 0 radical (unpaired) electrons.